The SMILES string of the molecule is COc1ccc(-c2sc3ccccc3c2C(=O)c2ccc(OCCN3CCCCCC3)cc2)cc1. The molecule has 1 fully saturated rings. The fraction of sp³-hybridized carbons (Fsp3) is 0.300. The predicted octanol–water partition coefficient (Wildman–Crippen LogP) is 7.06. The number of likely N-dealkylation sites (tertiary alicyclic amines) is 1. The highest BCUT2D eigenvalue weighted by Crippen LogP contribution is 2.40. The van der Waals surface area contributed by atoms with E-state index in [1.807, 2.05) is 66.7 Å². The molecule has 0 radical (unpaired) electrons. The van der Waals surface area contributed by atoms with Crippen molar-refractivity contribution in [2.45, 2.75) is 25.7 Å². The molecule has 0 saturated carbocycles. The van der Waals surface area contributed by atoms with E-state index in [-0.39, 0.29) is 5.78 Å². The van der Waals surface area contributed by atoms with Crippen molar-refractivity contribution >= 4 is 27.2 Å². The summed E-state index contributed by atoms with van der Waals surface area (Å²) in [7, 11) is 1.66. The van der Waals surface area contributed by atoms with Gasteiger partial charge in [-0.25, -0.2) is 0 Å². The third-order valence-electron chi connectivity index (χ3n) is 6.67. The maximum Gasteiger partial charge on any atom is 0.195 e. The van der Waals surface area contributed by atoms with Crippen LogP contribution in [0.4, 0.5) is 0 Å². The van der Waals surface area contributed by atoms with E-state index in [1.165, 1.54) is 38.8 Å². The minimum absolute atomic E-state index is 0.0318. The molecule has 1 aromatic heterocycles. The first-order chi connectivity index (χ1) is 17.2. The van der Waals surface area contributed by atoms with E-state index >= 15 is 0 Å². The third-order valence-corrected chi connectivity index (χ3v) is 7.89. The molecule has 5 rings (SSSR count). The van der Waals surface area contributed by atoms with Crippen LogP contribution < -0.4 is 9.47 Å². The number of benzene rings is 3. The number of carbonyl (C=O) groups is 1. The maximum atomic E-state index is 13.7. The van der Waals surface area contributed by atoms with Crippen molar-refractivity contribution in [1.29, 1.82) is 0 Å². The number of thiophene rings is 1. The molecule has 0 bridgehead atoms. The largest absolute Gasteiger partial charge is 0.497 e. The Kier molecular flexibility index (Phi) is 7.45. The molecule has 3 aromatic carbocycles. The van der Waals surface area contributed by atoms with Gasteiger partial charge >= 0.3 is 0 Å². The molecule has 5 heteroatoms. The van der Waals surface area contributed by atoms with Gasteiger partial charge in [-0.05, 0) is 86.1 Å². The quantitative estimate of drug-likeness (QED) is 0.250. The lowest BCUT2D eigenvalue weighted by molar-refractivity contribution is 0.104. The Morgan fingerprint density at radius 3 is 2.26 bits per heavy atom. The van der Waals surface area contributed by atoms with Crippen LogP contribution in [0.3, 0.4) is 0 Å². The Bertz CT molecular complexity index is 1270. The standard InChI is InChI=1S/C30H31NO3S/c1-33-24-14-12-23(13-15-24)30-28(26-8-4-5-9-27(26)35-30)29(32)22-10-16-25(17-11-22)34-21-20-31-18-6-2-3-7-19-31/h4-5,8-17H,2-3,6-7,18-21H2,1H3. The molecule has 4 nitrogen and oxygen atoms in total. The smallest absolute Gasteiger partial charge is 0.195 e. The van der Waals surface area contributed by atoms with E-state index in [4.69, 9.17) is 9.47 Å². The highest BCUT2D eigenvalue weighted by atomic mass is 32.1. The fourth-order valence-corrected chi connectivity index (χ4v) is 5.92. The van der Waals surface area contributed by atoms with E-state index in [9.17, 15) is 4.79 Å². The van der Waals surface area contributed by atoms with Gasteiger partial charge in [0.05, 0.1) is 7.11 Å². The molecule has 1 aliphatic heterocycles. The molecule has 0 atom stereocenters. The Labute approximate surface area is 211 Å². The van der Waals surface area contributed by atoms with Crippen LogP contribution in [0.1, 0.15) is 41.6 Å². The second-order valence-corrected chi connectivity index (χ2v) is 10.0. The van der Waals surface area contributed by atoms with Crippen LogP contribution >= 0.6 is 11.3 Å². The summed E-state index contributed by atoms with van der Waals surface area (Å²) in [5.74, 6) is 1.64. The first-order valence-electron chi connectivity index (χ1n) is 12.4. The van der Waals surface area contributed by atoms with Crippen molar-refractivity contribution in [3.63, 3.8) is 0 Å². The Morgan fingerprint density at radius 2 is 1.54 bits per heavy atom. The Morgan fingerprint density at radius 1 is 0.857 bits per heavy atom. The van der Waals surface area contributed by atoms with Crippen molar-refractivity contribution in [2.24, 2.45) is 0 Å². The number of hydrogen-bond donors (Lipinski definition) is 0. The number of methoxy groups -OCH3 is 1. The van der Waals surface area contributed by atoms with E-state index in [0.29, 0.717) is 12.2 Å². The summed E-state index contributed by atoms with van der Waals surface area (Å²) in [6, 6.07) is 23.6. The minimum atomic E-state index is 0.0318. The highest BCUT2D eigenvalue weighted by molar-refractivity contribution is 7.22. The van der Waals surface area contributed by atoms with Gasteiger partial charge in [-0.2, -0.15) is 0 Å². The normalized spacial score (nSPS) is 14.5. The van der Waals surface area contributed by atoms with E-state index in [1.54, 1.807) is 18.4 Å². The van der Waals surface area contributed by atoms with Crippen LogP contribution in [0.5, 0.6) is 11.5 Å². The summed E-state index contributed by atoms with van der Waals surface area (Å²) in [5, 5.41) is 0.992. The fourth-order valence-electron chi connectivity index (χ4n) is 4.72. The Balaban J connectivity index is 1.35. The summed E-state index contributed by atoms with van der Waals surface area (Å²) < 4.78 is 12.4. The van der Waals surface area contributed by atoms with Crippen LogP contribution in [0.15, 0.2) is 72.8 Å². The van der Waals surface area contributed by atoms with E-state index < -0.39 is 0 Å². The molecule has 0 unspecified atom stereocenters. The van der Waals surface area contributed by atoms with Gasteiger partial charge in [0.2, 0.25) is 0 Å². The number of ether oxygens (including phenoxy) is 2. The molecule has 0 amide bonds. The first-order valence-corrected chi connectivity index (χ1v) is 13.2. The van der Waals surface area contributed by atoms with Crippen molar-refractivity contribution < 1.29 is 14.3 Å². The maximum absolute atomic E-state index is 13.7. The van der Waals surface area contributed by atoms with Gasteiger partial charge in [0.1, 0.15) is 18.1 Å². The molecule has 1 saturated heterocycles. The zero-order chi connectivity index (χ0) is 24.0. The number of fused-ring (bicyclic) bond motifs is 1. The average Bonchev–Trinajstić information content (AvgIpc) is 3.10. The third kappa shape index (κ3) is 5.42. The predicted molar refractivity (Wildman–Crippen MR) is 144 cm³/mol. The molecule has 35 heavy (non-hydrogen) atoms. The average molecular weight is 486 g/mol. The molecule has 0 spiro atoms. The van der Waals surface area contributed by atoms with Gasteiger partial charge in [0.15, 0.2) is 5.78 Å². The lowest BCUT2D eigenvalue weighted by atomic mass is 9.97. The summed E-state index contributed by atoms with van der Waals surface area (Å²) >= 11 is 1.65. The van der Waals surface area contributed by atoms with Gasteiger partial charge in [0, 0.05) is 32.6 Å². The lowest BCUT2D eigenvalue weighted by Crippen LogP contribution is -2.29. The van der Waals surface area contributed by atoms with Crippen LogP contribution in [-0.4, -0.2) is 44.0 Å². The summed E-state index contributed by atoms with van der Waals surface area (Å²) in [4.78, 5) is 17.2. The van der Waals surface area contributed by atoms with Gasteiger partial charge in [-0.1, -0.05) is 31.0 Å². The van der Waals surface area contributed by atoms with Gasteiger partial charge in [-0.3, -0.25) is 9.69 Å². The number of carbonyl (C=O) groups excluding carboxylic acids is 1. The van der Waals surface area contributed by atoms with Crippen LogP contribution in [0.2, 0.25) is 0 Å². The van der Waals surface area contributed by atoms with Gasteiger partial charge < -0.3 is 9.47 Å². The highest BCUT2D eigenvalue weighted by Gasteiger charge is 2.21. The molecule has 2 heterocycles. The molecule has 1 aliphatic rings. The molecule has 0 N–H and O–H groups in total. The Hall–Kier alpha value is -3.15. The summed E-state index contributed by atoms with van der Waals surface area (Å²) in [6.45, 7) is 3.96. The first kappa shape index (κ1) is 23.6. The number of rotatable bonds is 8. The number of ketones is 1. The van der Waals surface area contributed by atoms with Crippen LogP contribution in [0.25, 0.3) is 20.5 Å². The van der Waals surface area contributed by atoms with E-state index in [0.717, 1.165) is 44.1 Å². The molecular weight excluding hydrogens is 454 g/mol. The van der Waals surface area contributed by atoms with Gasteiger partial charge in [0.25, 0.3) is 0 Å². The molecule has 0 aliphatic carbocycles. The van der Waals surface area contributed by atoms with Crippen molar-refractivity contribution in [2.75, 3.05) is 33.4 Å². The van der Waals surface area contributed by atoms with Crippen molar-refractivity contribution in [3.8, 4) is 21.9 Å². The van der Waals surface area contributed by atoms with Crippen LogP contribution in [-0.2, 0) is 0 Å². The number of hydrogen-bond acceptors (Lipinski definition) is 5. The summed E-state index contributed by atoms with van der Waals surface area (Å²) in [5.41, 5.74) is 2.44. The lowest BCUT2D eigenvalue weighted by Gasteiger charge is -2.19. The minimum Gasteiger partial charge on any atom is -0.497 e. The molecular formula is C30H31NO3S. The zero-order valence-electron chi connectivity index (χ0n) is 20.2. The van der Waals surface area contributed by atoms with Crippen molar-refractivity contribution in [3.05, 3.63) is 83.9 Å². The van der Waals surface area contributed by atoms with Crippen molar-refractivity contribution in [1.82, 2.24) is 4.90 Å². The molecule has 180 valence electrons. The van der Waals surface area contributed by atoms with Crippen LogP contribution in [0, 0.1) is 0 Å². The second-order valence-electron chi connectivity index (χ2n) is 8.99. The van der Waals surface area contributed by atoms with Gasteiger partial charge in [-0.15, -0.1) is 11.3 Å². The topological polar surface area (TPSA) is 38.8 Å². The number of nitrogens with zero attached hydrogens (tertiary/aromatic N) is 1. The van der Waals surface area contributed by atoms with E-state index in [2.05, 4.69) is 11.0 Å². The summed E-state index contributed by atoms with van der Waals surface area (Å²) in [6.07, 6.45) is 5.25. The zero-order valence-corrected chi connectivity index (χ0v) is 21.0. The second kappa shape index (κ2) is 11.1. The monoisotopic (exact) mass is 485 g/mol. The molecule has 4 aromatic rings.